The van der Waals surface area contributed by atoms with E-state index < -0.39 is 0 Å². The van der Waals surface area contributed by atoms with E-state index in [1.54, 1.807) is 0 Å². The molecule has 0 aliphatic rings. The zero-order valence-electron chi connectivity index (χ0n) is 11.3. The summed E-state index contributed by atoms with van der Waals surface area (Å²) >= 11 is 3.39. The van der Waals surface area contributed by atoms with E-state index in [4.69, 9.17) is 0 Å². The van der Waals surface area contributed by atoms with Crippen LogP contribution in [-0.2, 0) is 0 Å². The fraction of sp³-hybridized carbons (Fsp3) is 0.188. The number of carbonyl (C=O) groups is 1. The molecule has 3 nitrogen and oxygen atoms in total. The van der Waals surface area contributed by atoms with Gasteiger partial charge in [-0.05, 0) is 36.8 Å². The molecule has 0 fully saturated rings. The first-order chi connectivity index (χ1) is 9.70. The standard InChI is InChI=1S/C16H17BrN2O/c1-2-10-18-15-9-4-3-8-14(15)16(20)19-13-7-5-6-12(17)11-13/h3-9,11,18H,2,10H2,1H3,(H,19,20). The maximum Gasteiger partial charge on any atom is 0.257 e. The molecule has 0 aromatic heterocycles. The molecule has 0 saturated heterocycles. The lowest BCUT2D eigenvalue weighted by Gasteiger charge is -2.11. The number of para-hydroxylation sites is 1. The molecular formula is C16H17BrN2O. The highest BCUT2D eigenvalue weighted by Crippen LogP contribution is 2.19. The molecular weight excluding hydrogens is 316 g/mol. The minimum absolute atomic E-state index is 0.109. The smallest absolute Gasteiger partial charge is 0.257 e. The first kappa shape index (κ1) is 14.6. The number of carbonyl (C=O) groups excluding carboxylic acids is 1. The molecule has 20 heavy (non-hydrogen) atoms. The van der Waals surface area contributed by atoms with E-state index in [9.17, 15) is 4.79 Å². The predicted molar refractivity (Wildman–Crippen MR) is 87.3 cm³/mol. The second-order valence-electron chi connectivity index (χ2n) is 4.44. The van der Waals surface area contributed by atoms with Crippen molar-refractivity contribution in [2.75, 3.05) is 17.2 Å². The maximum atomic E-state index is 12.3. The van der Waals surface area contributed by atoms with E-state index in [-0.39, 0.29) is 5.91 Å². The third-order valence-corrected chi connectivity index (χ3v) is 3.31. The van der Waals surface area contributed by atoms with Crippen LogP contribution in [0.15, 0.2) is 53.0 Å². The molecule has 0 unspecified atom stereocenters. The SMILES string of the molecule is CCCNc1ccccc1C(=O)Nc1cccc(Br)c1. The van der Waals surface area contributed by atoms with Crippen LogP contribution in [0.5, 0.6) is 0 Å². The van der Waals surface area contributed by atoms with Gasteiger partial charge in [-0.1, -0.05) is 41.1 Å². The fourth-order valence-corrected chi connectivity index (χ4v) is 2.26. The van der Waals surface area contributed by atoms with Gasteiger partial charge in [0.15, 0.2) is 0 Å². The highest BCUT2D eigenvalue weighted by atomic mass is 79.9. The van der Waals surface area contributed by atoms with Crippen molar-refractivity contribution in [1.82, 2.24) is 0 Å². The van der Waals surface area contributed by atoms with Crippen molar-refractivity contribution in [2.45, 2.75) is 13.3 Å². The van der Waals surface area contributed by atoms with Gasteiger partial charge in [-0.2, -0.15) is 0 Å². The zero-order chi connectivity index (χ0) is 14.4. The van der Waals surface area contributed by atoms with E-state index in [1.807, 2.05) is 48.5 Å². The van der Waals surface area contributed by atoms with Gasteiger partial charge in [-0.3, -0.25) is 4.79 Å². The summed E-state index contributed by atoms with van der Waals surface area (Å²) in [5.74, 6) is -0.109. The summed E-state index contributed by atoms with van der Waals surface area (Å²) in [5, 5.41) is 6.18. The molecule has 4 heteroatoms. The van der Waals surface area contributed by atoms with Crippen LogP contribution in [0.4, 0.5) is 11.4 Å². The summed E-state index contributed by atoms with van der Waals surface area (Å²) in [7, 11) is 0. The van der Waals surface area contributed by atoms with Crippen LogP contribution >= 0.6 is 15.9 Å². The number of anilines is 2. The third kappa shape index (κ3) is 3.84. The second kappa shape index (κ2) is 7.10. The van der Waals surface area contributed by atoms with Crippen molar-refractivity contribution in [3.05, 3.63) is 58.6 Å². The van der Waals surface area contributed by atoms with Crippen molar-refractivity contribution in [3.63, 3.8) is 0 Å². The Hall–Kier alpha value is -1.81. The van der Waals surface area contributed by atoms with E-state index in [1.165, 1.54) is 0 Å². The van der Waals surface area contributed by atoms with Crippen LogP contribution in [0.2, 0.25) is 0 Å². The Morgan fingerprint density at radius 2 is 1.95 bits per heavy atom. The summed E-state index contributed by atoms with van der Waals surface area (Å²) in [6.45, 7) is 2.94. The van der Waals surface area contributed by atoms with Crippen molar-refractivity contribution in [1.29, 1.82) is 0 Å². The fourth-order valence-electron chi connectivity index (χ4n) is 1.86. The average Bonchev–Trinajstić information content (AvgIpc) is 2.45. The number of halogens is 1. The summed E-state index contributed by atoms with van der Waals surface area (Å²) < 4.78 is 0.938. The Kier molecular flexibility index (Phi) is 5.18. The van der Waals surface area contributed by atoms with E-state index in [0.717, 1.165) is 28.8 Å². The van der Waals surface area contributed by atoms with E-state index in [2.05, 4.69) is 33.5 Å². The molecule has 0 spiro atoms. The van der Waals surface area contributed by atoms with Gasteiger partial charge in [0.25, 0.3) is 5.91 Å². The molecule has 0 aliphatic heterocycles. The first-order valence-electron chi connectivity index (χ1n) is 6.60. The van der Waals surface area contributed by atoms with Gasteiger partial charge in [0, 0.05) is 22.4 Å². The molecule has 0 bridgehead atoms. The lowest BCUT2D eigenvalue weighted by molar-refractivity contribution is 0.102. The Morgan fingerprint density at radius 3 is 2.70 bits per heavy atom. The Labute approximate surface area is 127 Å². The Balaban J connectivity index is 2.16. The first-order valence-corrected chi connectivity index (χ1v) is 7.40. The quantitative estimate of drug-likeness (QED) is 0.844. The predicted octanol–water partition coefficient (Wildman–Crippen LogP) is 4.52. The number of amides is 1. The molecule has 0 heterocycles. The van der Waals surface area contributed by atoms with Gasteiger partial charge in [-0.15, -0.1) is 0 Å². The van der Waals surface area contributed by atoms with E-state index >= 15 is 0 Å². The van der Waals surface area contributed by atoms with Gasteiger partial charge in [0.2, 0.25) is 0 Å². The summed E-state index contributed by atoms with van der Waals surface area (Å²) in [6, 6.07) is 15.1. The van der Waals surface area contributed by atoms with Crippen LogP contribution in [-0.4, -0.2) is 12.5 Å². The largest absolute Gasteiger partial charge is 0.384 e. The third-order valence-electron chi connectivity index (χ3n) is 2.82. The van der Waals surface area contributed by atoms with E-state index in [0.29, 0.717) is 5.56 Å². The Bertz CT molecular complexity index is 599. The molecule has 0 radical (unpaired) electrons. The van der Waals surface area contributed by atoms with Crippen LogP contribution in [0.3, 0.4) is 0 Å². The van der Waals surface area contributed by atoms with Gasteiger partial charge >= 0.3 is 0 Å². The number of benzene rings is 2. The minimum atomic E-state index is -0.109. The maximum absolute atomic E-state index is 12.3. The molecule has 0 aliphatic carbocycles. The number of nitrogens with one attached hydrogen (secondary N) is 2. The Morgan fingerprint density at radius 1 is 1.15 bits per heavy atom. The lowest BCUT2D eigenvalue weighted by Crippen LogP contribution is -2.15. The second-order valence-corrected chi connectivity index (χ2v) is 5.35. The van der Waals surface area contributed by atoms with Gasteiger partial charge in [0.1, 0.15) is 0 Å². The highest BCUT2D eigenvalue weighted by Gasteiger charge is 2.10. The average molecular weight is 333 g/mol. The highest BCUT2D eigenvalue weighted by molar-refractivity contribution is 9.10. The van der Waals surface area contributed by atoms with Crippen LogP contribution in [0, 0.1) is 0 Å². The number of hydrogen-bond acceptors (Lipinski definition) is 2. The van der Waals surface area contributed by atoms with Crippen molar-refractivity contribution >= 4 is 33.2 Å². The normalized spacial score (nSPS) is 10.1. The van der Waals surface area contributed by atoms with Crippen LogP contribution in [0.25, 0.3) is 0 Å². The summed E-state index contributed by atoms with van der Waals surface area (Å²) in [5.41, 5.74) is 2.29. The van der Waals surface area contributed by atoms with Crippen molar-refractivity contribution < 1.29 is 4.79 Å². The molecule has 104 valence electrons. The molecule has 2 N–H and O–H groups in total. The molecule has 0 atom stereocenters. The lowest BCUT2D eigenvalue weighted by atomic mass is 10.1. The zero-order valence-corrected chi connectivity index (χ0v) is 12.9. The number of hydrogen-bond donors (Lipinski definition) is 2. The van der Waals surface area contributed by atoms with Crippen LogP contribution in [0.1, 0.15) is 23.7 Å². The minimum Gasteiger partial charge on any atom is -0.384 e. The van der Waals surface area contributed by atoms with Crippen molar-refractivity contribution in [2.24, 2.45) is 0 Å². The summed E-state index contributed by atoms with van der Waals surface area (Å²) in [6.07, 6.45) is 1.02. The topological polar surface area (TPSA) is 41.1 Å². The van der Waals surface area contributed by atoms with Gasteiger partial charge < -0.3 is 10.6 Å². The molecule has 2 aromatic rings. The molecule has 2 rings (SSSR count). The monoisotopic (exact) mass is 332 g/mol. The number of rotatable bonds is 5. The molecule has 1 amide bonds. The molecule has 2 aromatic carbocycles. The molecule has 0 saturated carbocycles. The van der Waals surface area contributed by atoms with Gasteiger partial charge in [-0.25, -0.2) is 0 Å². The van der Waals surface area contributed by atoms with Crippen LogP contribution < -0.4 is 10.6 Å². The van der Waals surface area contributed by atoms with Gasteiger partial charge in [0.05, 0.1) is 5.56 Å². The van der Waals surface area contributed by atoms with Crippen molar-refractivity contribution in [3.8, 4) is 0 Å². The summed E-state index contributed by atoms with van der Waals surface area (Å²) in [4.78, 5) is 12.3.